The van der Waals surface area contributed by atoms with Crippen molar-refractivity contribution in [3.63, 3.8) is 0 Å². The van der Waals surface area contributed by atoms with Crippen LogP contribution in [-0.4, -0.2) is 56.6 Å². The summed E-state index contributed by atoms with van der Waals surface area (Å²) in [6.07, 6.45) is 0. The molecular formula is C13H39Si8. The Labute approximate surface area is 141 Å². The molecule has 0 unspecified atom stereocenters. The topological polar surface area (TPSA) is 0 Å². The van der Waals surface area contributed by atoms with Crippen LogP contribution < -0.4 is 0 Å². The van der Waals surface area contributed by atoms with Crippen molar-refractivity contribution in [2.24, 2.45) is 0 Å². The standard InChI is InChI=1S/C13H39Si8/c1-15(2)14-16(3,4)19(9,10)21(13,18(15,7)8)20(11,12)17(14,5)6/h1-13H3. The lowest BCUT2D eigenvalue weighted by molar-refractivity contribution is 1.75. The highest BCUT2D eigenvalue weighted by molar-refractivity contribution is 8.33. The maximum Gasteiger partial charge on any atom is 0.0278 e. The first-order valence-corrected chi connectivity index (χ1v) is 39.8. The SMILES string of the molecule is C[Si]1(C)[Si]2[Si](C)(C)[Si](C)(C)[Si](C)([Si]1(C)C)[Si](C)(C)[Si]2(C)C. The summed E-state index contributed by atoms with van der Waals surface area (Å²) >= 11 is 0. The van der Waals surface area contributed by atoms with Crippen LogP contribution in [0.15, 0.2) is 0 Å². The van der Waals surface area contributed by atoms with E-state index in [1.54, 1.807) is 0 Å². The van der Waals surface area contributed by atoms with Gasteiger partial charge in [-0.1, -0.05) is 85.1 Å². The van der Waals surface area contributed by atoms with Crippen molar-refractivity contribution in [2.45, 2.75) is 85.1 Å². The second-order valence-electron chi connectivity index (χ2n) is 11.2. The Morgan fingerprint density at radius 2 is 0.571 bits per heavy atom. The molecule has 3 rings (SSSR count). The molecule has 3 aliphatic heterocycles. The first-order valence-electron chi connectivity index (χ1n) is 8.75. The van der Waals surface area contributed by atoms with Crippen LogP contribution in [0.25, 0.3) is 0 Å². The summed E-state index contributed by atoms with van der Waals surface area (Å²) < 4.78 is 0. The Kier molecular flexibility index (Phi) is 3.88. The van der Waals surface area contributed by atoms with Crippen molar-refractivity contribution in [1.82, 2.24) is 0 Å². The monoisotopic (exact) mass is 419 g/mol. The van der Waals surface area contributed by atoms with Gasteiger partial charge in [0.25, 0.3) is 0 Å². The van der Waals surface area contributed by atoms with Gasteiger partial charge >= 0.3 is 0 Å². The Balaban J connectivity index is 2.99. The van der Waals surface area contributed by atoms with E-state index < -0.39 is 49.3 Å². The number of fused-ring (bicyclic) bond motifs is 3. The molecule has 0 N–H and O–H groups in total. The van der Waals surface area contributed by atoms with Crippen LogP contribution in [-0.2, 0) is 0 Å². The second-order valence-corrected chi connectivity index (χ2v) is 110. The number of hydrogen-bond acceptors (Lipinski definition) is 0. The van der Waals surface area contributed by atoms with Gasteiger partial charge in [-0.2, -0.15) is 0 Å². The minimum atomic E-state index is -1.01. The van der Waals surface area contributed by atoms with Crippen molar-refractivity contribution >= 4 is 56.6 Å². The molecule has 21 heavy (non-hydrogen) atoms. The molecule has 0 nitrogen and oxygen atoms in total. The Hall–Kier alpha value is 1.74. The molecule has 3 fully saturated rings. The maximum absolute atomic E-state index is 3.05. The fraction of sp³-hybridized carbons (Fsp3) is 1.00. The number of hydrogen-bond donors (Lipinski definition) is 0. The van der Waals surface area contributed by atoms with Gasteiger partial charge in [-0.05, 0) is 0 Å². The van der Waals surface area contributed by atoms with E-state index >= 15 is 0 Å². The molecule has 0 aromatic rings. The molecule has 0 aromatic heterocycles. The summed E-state index contributed by atoms with van der Waals surface area (Å²) in [7, 11) is -5.60. The highest BCUT2D eigenvalue weighted by Gasteiger charge is 2.86. The van der Waals surface area contributed by atoms with E-state index in [1.807, 2.05) is 0 Å². The third-order valence-corrected chi connectivity index (χ3v) is 248. The van der Waals surface area contributed by atoms with Gasteiger partial charge in [0, 0.05) is 56.6 Å². The minimum Gasteiger partial charge on any atom is -0.0752 e. The lowest BCUT2D eigenvalue weighted by atomic mass is 11.9. The third kappa shape index (κ3) is 1.56. The van der Waals surface area contributed by atoms with Crippen LogP contribution in [0.5, 0.6) is 0 Å². The molecule has 0 aliphatic carbocycles. The zero-order valence-corrected chi connectivity index (χ0v) is 25.0. The Morgan fingerprint density at radius 3 is 0.762 bits per heavy atom. The predicted octanol–water partition coefficient (Wildman–Crippen LogP) is 4.54. The Bertz CT molecular complexity index is 419. The van der Waals surface area contributed by atoms with Crippen LogP contribution in [0.3, 0.4) is 0 Å². The van der Waals surface area contributed by atoms with Crippen LogP contribution in [0.4, 0.5) is 0 Å². The summed E-state index contributed by atoms with van der Waals surface area (Å²) in [5.41, 5.74) is 0. The highest BCUT2D eigenvalue weighted by atomic mass is 30.5. The molecule has 0 amide bonds. The predicted molar refractivity (Wildman–Crippen MR) is 122 cm³/mol. The van der Waals surface area contributed by atoms with E-state index in [9.17, 15) is 0 Å². The molecule has 0 spiro atoms. The fourth-order valence-corrected chi connectivity index (χ4v) is 496. The van der Waals surface area contributed by atoms with E-state index in [4.69, 9.17) is 0 Å². The normalized spacial score (nSPS) is 36.4. The summed E-state index contributed by atoms with van der Waals surface area (Å²) in [4.78, 5) is 0. The lowest BCUT2D eigenvalue weighted by Gasteiger charge is -2.83. The molecule has 0 atom stereocenters. The van der Waals surface area contributed by atoms with E-state index in [2.05, 4.69) is 85.1 Å². The van der Waals surface area contributed by atoms with Crippen LogP contribution in [0, 0.1) is 0 Å². The zero-order chi connectivity index (χ0) is 17.1. The van der Waals surface area contributed by atoms with Gasteiger partial charge in [-0.3, -0.25) is 0 Å². The molecule has 3 aliphatic rings. The average Bonchev–Trinajstić information content (AvgIpc) is 2.22. The van der Waals surface area contributed by atoms with Gasteiger partial charge in [0.05, 0.1) is 0 Å². The van der Waals surface area contributed by atoms with Gasteiger partial charge in [0.2, 0.25) is 0 Å². The van der Waals surface area contributed by atoms with Crippen molar-refractivity contribution in [3.05, 3.63) is 0 Å². The minimum absolute atomic E-state index is 0.0294. The van der Waals surface area contributed by atoms with E-state index in [-0.39, 0.29) is 7.35 Å². The largest absolute Gasteiger partial charge is 0.0752 e. The molecule has 8 heteroatoms. The van der Waals surface area contributed by atoms with E-state index in [0.29, 0.717) is 0 Å². The summed E-state index contributed by atoms with van der Waals surface area (Å²) in [6.45, 7) is 37.4. The first kappa shape index (κ1) is 19.1. The molecule has 3 saturated heterocycles. The van der Waals surface area contributed by atoms with Gasteiger partial charge in [0.1, 0.15) is 0 Å². The van der Waals surface area contributed by atoms with Crippen LogP contribution in [0.2, 0.25) is 85.1 Å². The molecule has 0 aromatic carbocycles. The van der Waals surface area contributed by atoms with E-state index in [0.717, 1.165) is 0 Å². The molecule has 1 radical (unpaired) electrons. The van der Waals surface area contributed by atoms with Gasteiger partial charge in [-0.25, -0.2) is 0 Å². The van der Waals surface area contributed by atoms with Crippen molar-refractivity contribution in [3.8, 4) is 0 Å². The summed E-state index contributed by atoms with van der Waals surface area (Å²) in [5, 5.41) is 0. The van der Waals surface area contributed by atoms with Gasteiger partial charge in [-0.15, -0.1) is 0 Å². The lowest BCUT2D eigenvalue weighted by Crippen LogP contribution is -3.13. The smallest absolute Gasteiger partial charge is 0.0278 e. The quantitative estimate of drug-likeness (QED) is 0.505. The number of rotatable bonds is 0. The molecule has 0 saturated carbocycles. The van der Waals surface area contributed by atoms with Crippen LogP contribution >= 0.6 is 0 Å². The molecule has 2 bridgehead atoms. The van der Waals surface area contributed by atoms with Crippen LogP contribution in [0.1, 0.15) is 0 Å². The third-order valence-electron chi connectivity index (χ3n) is 10.3. The summed E-state index contributed by atoms with van der Waals surface area (Å²) in [6, 6.07) is 0. The molecular weight excluding hydrogens is 381 g/mol. The molecule has 3 heterocycles. The van der Waals surface area contributed by atoms with Gasteiger partial charge in [0.15, 0.2) is 0 Å². The molecule has 123 valence electrons. The van der Waals surface area contributed by atoms with Gasteiger partial charge < -0.3 is 0 Å². The maximum atomic E-state index is 3.05. The second kappa shape index (κ2) is 4.28. The summed E-state index contributed by atoms with van der Waals surface area (Å²) in [5.74, 6) is 0. The van der Waals surface area contributed by atoms with Crippen molar-refractivity contribution in [1.29, 1.82) is 0 Å². The van der Waals surface area contributed by atoms with Crippen molar-refractivity contribution in [2.75, 3.05) is 0 Å². The van der Waals surface area contributed by atoms with Crippen molar-refractivity contribution < 1.29 is 0 Å². The Morgan fingerprint density at radius 1 is 0.381 bits per heavy atom. The zero-order valence-electron chi connectivity index (χ0n) is 17.0. The average molecular weight is 420 g/mol. The fourth-order valence-electron chi connectivity index (χ4n) is 7.50. The first-order chi connectivity index (χ1) is 8.87. The van der Waals surface area contributed by atoms with E-state index in [1.165, 1.54) is 0 Å². The highest BCUT2D eigenvalue weighted by Crippen LogP contribution is 2.59.